The van der Waals surface area contributed by atoms with Gasteiger partial charge in [0.15, 0.2) is 11.5 Å². The fourth-order valence-corrected chi connectivity index (χ4v) is 4.63. The zero-order valence-electron chi connectivity index (χ0n) is 20.0. The Hall–Kier alpha value is -3.88. The second-order valence-electron chi connectivity index (χ2n) is 8.52. The third kappa shape index (κ3) is 4.84. The van der Waals surface area contributed by atoms with E-state index in [2.05, 4.69) is 0 Å². The number of hydrogen-bond acceptors (Lipinski definition) is 7. The molecule has 1 saturated heterocycles. The van der Waals surface area contributed by atoms with Gasteiger partial charge in [0.2, 0.25) is 11.8 Å². The average molecular weight is 481 g/mol. The summed E-state index contributed by atoms with van der Waals surface area (Å²) in [5.41, 5.74) is 3.01. The van der Waals surface area contributed by atoms with Crippen molar-refractivity contribution < 1.29 is 33.4 Å². The molecule has 3 amide bonds. The monoisotopic (exact) mass is 480 g/mol. The Balaban J connectivity index is 1.60. The van der Waals surface area contributed by atoms with Crippen molar-refractivity contribution in [1.29, 1.82) is 0 Å². The van der Waals surface area contributed by atoms with Crippen LogP contribution in [0, 0.1) is 0 Å². The van der Waals surface area contributed by atoms with E-state index >= 15 is 0 Å². The topological polar surface area (TPSA) is 102 Å². The normalized spacial score (nSPS) is 17.3. The van der Waals surface area contributed by atoms with Crippen LogP contribution in [0.3, 0.4) is 0 Å². The van der Waals surface area contributed by atoms with Gasteiger partial charge in [-0.3, -0.25) is 24.1 Å². The summed E-state index contributed by atoms with van der Waals surface area (Å²) in [6.45, 7) is 0.608. The summed E-state index contributed by atoms with van der Waals surface area (Å²) >= 11 is 0. The van der Waals surface area contributed by atoms with Crippen molar-refractivity contribution in [3.63, 3.8) is 0 Å². The minimum Gasteiger partial charge on any atom is -0.493 e. The number of likely N-dealkylation sites (tertiary alicyclic amines) is 1. The maximum absolute atomic E-state index is 13.5. The van der Waals surface area contributed by atoms with Gasteiger partial charge in [-0.25, -0.2) is 0 Å². The Morgan fingerprint density at radius 3 is 2.14 bits per heavy atom. The first kappa shape index (κ1) is 24.3. The second kappa shape index (κ2) is 10.2. The number of benzene rings is 2. The van der Waals surface area contributed by atoms with Crippen LogP contribution in [0.15, 0.2) is 36.4 Å². The zero-order valence-corrected chi connectivity index (χ0v) is 20.0. The number of rotatable bonds is 7. The summed E-state index contributed by atoms with van der Waals surface area (Å²) in [6.07, 6.45) is 1.08. The molecule has 1 unspecified atom stereocenters. The number of esters is 1. The van der Waals surface area contributed by atoms with Crippen molar-refractivity contribution in [2.45, 2.75) is 38.3 Å². The molecule has 9 heteroatoms. The Morgan fingerprint density at radius 2 is 1.54 bits per heavy atom. The summed E-state index contributed by atoms with van der Waals surface area (Å²) in [4.78, 5) is 52.5. The molecule has 0 aromatic heterocycles. The molecule has 4 rings (SSSR count). The third-order valence-corrected chi connectivity index (χ3v) is 6.55. The molecule has 0 spiro atoms. The van der Waals surface area contributed by atoms with E-state index in [4.69, 9.17) is 14.2 Å². The van der Waals surface area contributed by atoms with E-state index in [0.717, 1.165) is 16.7 Å². The quantitative estimate of drug-likeness (QED) is 0.443. The average Bonchev–Trinajstić information content (AvgIpc) is 3.20. The summed E-state index contributed by atoms with van der Waals surface area (Å²) in [5, 5.41) is 0. The Labute approximate surface area is 203 Å². The van der Waals surface area contributed by atoms with Crippen molar-refractivity contribution >= 4 is 23.7 Å². The van der Waals surface area contributed by atoms with Crippen LogP contribution in [0.2, 0.25) is 0 Å². The predicted molar refractivity (Wildman–Crippen MR) is 125 cm³/mol. The van der Waals surface area contributed by atoms with Gasteiger partial charge in [0.05, 0.1) is 40.3 Å². The van der Waals surface area contributed by atoms with E-state index in [-0.39, 0.29) is 43.5 Å². The number of fused-ring (bicyclic) bond motifs is 1. The fraction of sp³-hybridized carbons (Fsp3) is 0.385. The highest BCUT2D eigenvalue weighted by Crippen LogP contribution is 2.40. The summed E-state index contributed by atoms with van der Waals surface area (Å²) in [5.74, 6) is 0.101. The third-order valence-electron chi connectivity index (χ3n) is 6.55. The molecule has 1 fully saturated rings. The van der Waals surface area contributed by atoms with E-state index in [1.807, 2.05) is 12.1 Å². The van der Waals surface area contributed by atoms with Crippen LogP contribution in [0.1, 0.15) is 52.4 Å². The van der Waals surface area contributed by atoms with Crippen molar-refractivity contribution in [3.8, 4) is 11.5 Å². The van der Waals surface area contributed by atoms with Crippen LogP contribution in [0.25, 0.3) is 0 Å². The number of imide groups is 1. The standard InChI is InChI=1S/C26H28N2O7/c1-33-21-12-18-10-11-27(20(14-25(31)35-3)19(18)13-22(21)34-2)26(32)17-6-4-16(5-7-17)15-28-23(29)8-9-24(28)30/h4-7,12-13,20H,8-11,14-15H2,1-3H3. The smallest absolute Gasteiger partial charge is 0.307 e. The zero-order chi connectivity index (χ0) is 25.1. The number of methoxy groups -OCH3 is 3. The van der Waals surface area contributed by atoms with Gasteiger partial charge >= 0.3 is 5.97 Å². The van der Waals surface area contributed by atoms with Gasteiger partial charge in [-0.2, -0.15) is 0 Å². The number of hydrogen-bond donors (Lipinski definition) is 0. The predicted octanol–water partition coefficient (Wildman–Crippen LogP) is 2.66. The molecule has 0 aliphatic carbocycles. The number of ether oxygens (including phenoxy) is 3. The minimum atomic E-state index is -0.530. The molecule has 2 aliphatic rings. The molecule has 9 nitrogen and oxygen atoms in total. The maximum atomic E-state index is 13.5. The molecule has 0 bridgehead atoms. The molecular formula is C26H28N2O7. The summed E-state index contributed by atoms with van der Waals surface area (Å²) < 4.78 is 15.8. The van der Waals surface area contributed by atoms with E-state index in [0.29, 0.717) is 30.0 Å². The summed E-state index contributed by atoms with van der Waals surface area (Å²) in [6, 6.07) is 10.0. The van der Waals surface area contributed by atoms with Gasteiger partial charge < -0.3 is 19.1 Å². The lowest BCUT2D eigenvalue weighted by Crippen LogP contribution is -2.41. The highest BCUT2D eigenvalue weighted by atomic mass is 16.5. The first-order chi connectivity index (χ1) is 16.9. The molecule has 2 aliphatic heterocycles. The fourth-order valence-electron chi connectivity index (χ4n) is 4.63. The lowest BCUT2D eigenvalue weighted by atomic mass is 9.89. The van der Waals surface area contributed by atoms with Gasteiger partial charge in [-0.15, -0.1) is 0 Å². The SMILES string of the molecule is COC(=O)CC1c2cc(OC)c(OC)cc2CCN1C(=O)c1ccc(CN2C(=O)CCC2=O)cc1. The van der Waals surface area contributed by atoms with Gasteiger partial charge in [0.25, 0.3) is 5.91 Å². The highest BCUT2D eigenvalue weighted by Gasteiger charge is 2.34. The second-order valence-corrected chi connectivity index (χ2v) is 8.52. The van der Waals surface area contributed by atoms with Crippen molar-refractivity contribution in [2.75, 3.05) is 27.9 Å². The lowest BCUT2D eigenvalue weighted by molar-refractivity contribution is -0.142. The van der Waals surface area contributed by atoms with Crippen LogP contribution in [0.4, 0.5) is 0 Å². The van der Waals surface area contributed by atoms with Crippen LogP contribution >= 0.6 is 0 Å². The Bertz CT molecular complexity index is 1140. The minimum absolute atomic E-state index is 0.00197. The van der Waals surface area contributed by atoms with Crippen molar-refractivity contribution in [1.82, 2.24) is 9.80 Å². The van der Waals surface area contributed by atoms with Gasteiger partial charge in [-0.05, 0) is 47.4 Å². The number of carbonyl (C=O) groups excluding carboxylic acids is 4. The highest BCUT2D eigenvalue weighted by molar-refractivity contribution is 6.01. The first-order valence-corrected chi connectivity index (χ1v) is 11.4. The van der Waals surface area contributed by atoms with Gasteiger partial charge in [0, 0.05) is 24.9 Å². The molecule has 2 aromatic rings. The van der Waals surface area contributed by atoms with Gasteiger partial charge in [-0.1, -0.05) is 12.1 Å². The Kier molecular flexibility index (Phi) is 7.04. The number of nitrogens with zero attached hydrogens (tertiary/aromatic N) is 2. The molecular weight excluding hydrogens is 452 g/mol. The maximum Gasteiger partial charge on any atom is 0.307 e. The van der Waals surface area contributed by atoms with E-state index in [9.17, 15) is 19.2 Å². The van der Waals surface area contributed by atoms with E-state index < -0.39 is 12.0 Å². The summed E-state index contributed by atoms with van der Waals surface area (Å²) in [7, 11) is 4.42. The molecule has 2 heterocycles. The molecule has 0 N–H and O–H groups in total. The molecule has 35 heavy (non-hydrogen) atoms. The lowest BCUT2D eigenvalue weighted by Gasteiger charge is -2.37. The molecule has 2 aromatic carbocycles. The number of amides is 3. The van der Waals surface area contributed by atoms with Crippen LogP contribution < -0.4 is 9.47 Å². The molecule has 184 valence electrons. The molecule has 0 saturated carbocycles. The van der Waals surface area contributed by atoms with Crippen molar-refractivity contribution in [3.05, 3.63) is 58.7 Å². The van der Waals surface area contributed by atoms with Gasteiger partial charge in [0.1, 0.15) is 0 Å². The van der Waals surface area contributed by atoms with E-state index in [1.54, 1.807) is 36.3 Å². The largest absolute Gasteiger partial charge is 0.493 e. The van der Waals surface area contributed by atoms with E-state index in [1.165, 1.54) is 19.1 Å². The van der Waals surface area contributed by atoms with Crippen LogP contribution in [0.5, 0.6) is 11.5 Å². The number of carbonyl (C=O) groups is 4. The van der Waals surface area contributed by atoms with Crippen molar-refractivity contribution in [2.24, 2.45) is 0 Å². The first-order valence-electron chi connectivity index (χ1n) is 11.4. The Morgan fingerprint density at radius 1 is 0.914 bits per heavy atom. The van der Waals surface area contributed by atoms with Crippen LogP contribution in [-0.2, 0) is 32.1 Å². The molecule has 1 atom stereocenters. The van der Waals surface area contributed by atoms with Crippen LogP contribution in [-0.4, -0.2) is 61.4 Å². The molecule has 0 radical (unpaired) electrons.